The second-order valence-corrected chi connectivity index (χ2v) is 5.97. The quantitative estimate of drug-likeness (QED) is 0.682. The largest absolute Gasteiger partial charge is 0.480 e. The molecule has 3 rings (SSSR count). The van der Waals surface area contributed by atoms with Crippen LogP contribution >= 0.6 is 0 Å². The summed E-state index contributed by atoms with van der Waals surface area (Å²) in [4.78, 5) is 16.1. The third-order valence-corrected chi connectivity index (χ3v) is 4.36. The predicted octanol–water partition coefficient (Wildman–Crippen LogP) is 1.77. The average molecular weight is 331 g/mol. The molecule has 0 aromatic carbocycles. The first-order chi connectivity index (χ1) is 11.6. The maximum absolute atomic E-state index is 12.0. The van der Waals surface area contributed by atoms with Crippen molar-refractivity contribution in [2.75, 3.05) is 12.4 Å². The smallest absolute Gasteiger partial charge is 0.320 e. The number of anilines is 1. The molecule has 0 atom stereocenters. The van der Waals surface area contributed by atoms with Gasteiger partial charge in [0.05, 0.1) is 12.7 Å². The fraction of sp³-hybridized carbons (Fsp3) is 0.438. The number of carbonyl (C=O) groups is 1. The summed E-state index contributed by atoms with van der Waals surface area (Å²) in [5, 5.41) is 22.9. The van der Waals surface area contributed by atoms with Gasteiger partial charge in [-0.2, -0.15) is 0 Å². The van der Waals surface area contributed by atoms with E-state index in [0.717, 1.165) is 5.56 Å². The van der Waals surface area contributed by atoms with Crippen LogP contribution in [-0.2, 0) is 5.60 Å². The van der Waals surface area contributed by atoms with E-state index in [9.17, 15) is 9.90 Å². The first kappa shape index (κ1) is 16.3. The monoisotopic (exact) mass is 331 g/mol. The number of H-pyrrole nitrogens is 1. The van der Waals surface area contributed by atoms with E-state index >= 15 is 0 Å². The van der Waals surface area contributed by atoms with Gasteiger partial charge in [0.2, 0.25) is 5.88 Å². The van der Waals surface area contributed by atoms with Crippen LogP contribution < -0.4 is 15.4 Å². The van der Waals surface area contributed by atoms with E-state index in [2.05, 4.69) is 25.8 Å². The predicted molar refractivity (Wildman–Crippen MR) is 87.7 cm³/mol. The molecule has 2 aromatic heterocycles. The SMILES string of the molecule is COc1cc(NC(=O)NC2CCC(O)(c3cccnc3)CC2)[nH]n1. The number of pyridine rings is 1. The lowest BCUT2D eigenvalue weighted by atomic mass is 9.78. The summed E-state index contributed by atoms with van der Waals surface area (Å²) in [5.74, 6) is 0.872. The third-order valence-electron chi connectivity index (χ3n) is 4.36. The number of ether oxygens (including phenoxy) is 1. The maximum Gasteiger partial charge on any atom is 0.320 e. The van der Waals surface area contributed by atoms with Crippen LogP contribution in [0.5, 0.6) is 5.88 Å². The molecule has 1 aliphatic rings. The van der Waals surface area contributed by atoms with E-state index in [1.807, 2.05) is 12.1 Å². The molecule has 24 heavy (non-hydrogen) atoms. The highest BCUT2D eigenvalue weighted by Crippen LogP contribution is 2.36. The van der Waals surface area contributed by atoms with Crippen molar-refractivity contribution in [3.05, 3.63) is 36.2 Å². The van der Waals surface area contributed by atoms with E-state index in [1.54, 1.807) is 18.5 Å². The van der Waals surface area contributed by atoms with Gasteiger partial charge in [-0.05, 0) is 31.7 Å². The molecule has 1 aliphatic carbocycles. The van der Waals surface area contributed by atoms with Crippen molar-refractivity contribution in [1.82, 2.24) is 20.5 Å². The number of rotatable bonds is 4. The Labute approximate surface area is 139 Å². The molecule has 2 heterocycles. The number of aliphatic hydroxyl groups is 1. The first-order valence-electron chi connectivity index (χ1n) is 7.89. The highest BCUT2D eigenvalue weighted by atomic mass is 16.5. The number of hydrogen-bond donors (Lipinski definition) is 4. The number of hydrogen-bond acceptors (Lipinski definition) is 5. The summed E-state index contributed by atoms with van der Waals surface area (Å²) in [6.45, 7) is 0. The Bertz CT molecular complexity index is 680. The van der Waals surface area contributed by atoms with Gasteiger partial charge in [-0.15, -0.1) is 5.10 Å². The second kappa shape index (κ2) is 6.88. The fourth-order valence-corrected chi connectivity index (χ4v) is 2.98. The molecule has 4 N–H and O–H groups in total. The van der Waals surface area contributed by atoms with Gasteiger partial charge < -0.3 is 15.2 Å². The molecule has 0 saturated heterocycles. The number of aromatic nitrogens is 3. The van der Waals surface area contributed by atoms with Gasteiger partial charge in [0, 0.05) is 30.1 Å². The summed E-state index contributed by atoms with van der Waals surface area (Å²) in [6.07, 6.45) is 5.96. The maximum atomic E-state index is 12.0. The Morgan fingerprint density at radius 1 is 1.46 bits per heavy atom. The fourth-order valence-electron chi connectivity index (χ4n) is 2.98. The molecular weight excluding hydrogens is 310 g/mol. The van der Waals surface area contributed by atoms with Crippen molar-refractivity contribution in [3.8, 4) is 5.88 Å². The lowest BCUT2D eigenvalue weighted by molar-refractivity contribution is -0.00746. The zero-order chi connectivity index (χ0) is 17.0. The molecule has 8 heteroatoms. The number of nitrogens with one attached hydrogen (secondary N) is 3. The summed E-state index contributed by atoms with van der Waals surface area (Å²) < 4.78 is 4.94. The van der Waals surface area contributed by atoms with Gasteiger partial charge in [0.1, 0.15) is 5.82 Å². The third kappa shape index (κ3) is 3.65. The zero-order valence-corrected chi connectivity index (χ0v) is 13.5. The van der Waals surface area contributed by atoms with Crippen LogP contribution in [0.25, 0.3) is 0 Å². The van der Waals surface area contributed by atoms with Crippen LogP contribution in [0.4, 0.5) is 10.6 Å². The molecule has 0 radical (unpaired) electrons. The van der Waals surface area contributed by atoms with Crippen LogP contribution in [0.2, 0.25) is 0 Å². The van der Waals surface area contributed by atoms with E-state index in [4.69, 9.17) is 4.74 Å². The number of methoxy groups -OCH3 is 1. The highest BCUT2D eigenvalue weighted by Gasteiger charge is 2.35. The molecule has 128 valence electrons. The molecule has 1 saturated carbocycles. The van der Waals surface area contributed by atoms with Crippen molar-refractivity contribution in [1.29, 1.82) is 0 Å². The van der Waals surface area contributed by atoms with E-state index < -0.39 is 5.60 Å². The van der Waals surface area contributed by atoms with Crippen molar-refractivity contribution in [3.63, 3.8) is 0 Å². The van der Waals surface area contributed by atoms with E-state index in [0.29, 0.717) is 37.4 Å². The van der Waals surface area contributed by atoms with Crippen molar-refractivity contribution < 1.29 is 14.6 Å². The minimum absolute atomic E-state index is 0.0202. The summed E-state index contributed by atoms with van der Waals surface area (Å²) >= 11 is 0. The Morgan fingerprint density at radius 3 is 2.88 bits per heavy atom. The summed E-state index contributed by atoms with van der Waals surface area (Å²) in [5.41, 5.74) is -0.0305. The molecule has 2 aromatic rings. The topological polar surface area (TPSA) is 112 Å². The van der Waals surface area contributed by atoms with Gasteiger partial charge in [-0.3, -0.25) is 15.4 Å². The van der Waals surface area contributed by atoms with Gasteiger partial charge in [0.15, 0.2) is 0 Å². The molecule has 8 nitrogen and oxygen atoms in total. The van der Waals surface area contributed by atoms with Crippen molar-refractivity contribution in [2.45, 2.75) is 37.3 Å². The van der Waals surface area contributed by atoms with Crippen LogP contribution in [-0.4, -0.2) is 39.5 Å². The Morgan fingerprint density at radius 2 is 2.25 bits per heavy atom. The van der Waals surface area contributed by atoms with Gasteiger partial charge in [0.25, 0.3) is 0 Å². The lowest BCUT2D eigenvalue weighted by Crippen LogP contribution is -2.43. The zero-order valence-electron chi connectivity index (χ0n) is 13.5. The number of amides is 2. The highest BCUT2D eigenvalue weighted by molar-refractivity contribution is 5.88. The van der Waals surface area contributed by atoms with Crippen LogP contribution in [0, 0.1) is 0 Å². The van der Waals surface area contributed by atoms with Crippen molar-refractivity contribution >= 4 is 11.8 Å². The lowest BCUT2D eigenvalue weighted by Gasteiger charge is -2.36. The Hall–Kier alpha value is -2.61. The Balaban J connectivity index is 1.51. The van der Waals surface area contributed by atoms with Crippen molar-refractivity contribution in [2.24, 2.45) is 0 Å². The van der Waals surface area contributed by atoms with Crippen LogP contribution in [0.1, 0.15) is 31.2 Å². The first-order valence-corrected chi connectivity index (χ1v) is 7.89. The molecule has 0 bridgehead atoms. The molecular formula is C16H21N5O3. The molecule has 0 aliphatic heterocycles. The summed E-state index contributed by atoms with van der Waals surface area (Å²) in [6, 6.07) is 5.02. The molecule has 0 spiro atoms. The molecule has 2 amide bonds. The van der Waals surface area contributed by atoms with Gasteiger partial charge >= 0.3 is 6.03 Å². The van der Waals surface area contributed by atoms with Crippen LogP contribution in [0.15, 0.2) is 30.6 Å². The number of carbonyl (C=O) groups excluding carboxylic acids is 1. The average Bonchev–Trinajstić information content (AvgIpc) is 3.05. The van der Waals surface area contributed by atoms with Crippen LogP contribution in [0.3, 0.4) is 0 Å². The minimum Gasteiger partial charge on any atom is -0.480 e. The number of urea groups is 1. The van der Waals surface area contributed by atoms with Gasteiger partial charge in [-0.1, -0.05) is 6.07 Å². The normalized spacial score (nSPS) is 23.5. The van der Waals surface area contributed by atoms with Gasteiger partial charge in [-0.25, -0.2) is 4.79 Å². The molecule has 1 fully saturated rings. The minimum atomic E-state index is -0.861. The van der Waals surface area contributed by atoms with E-state index in [1.165, 1.54) is 7.11 Å². The number of aromatic amines is 1. The van der Waals surface area contributed by atoms with E-state index in [-0.39, 0.29) is 12.1 Å². The molecule has 0 unspecified atom stereocenters. The summed E-state index contributed by atoms with van der Waals surface area (Å²) in [7, 11) is 1.51. The Kier molecular flexibility index (Phi) is 4.66. The standard InChI is InChI=1S/C16H21N5O3/c1-24-14-9-13(20-21-14)19-15(22)18-12-4-6-16(23,7-5-12)11-3-2-8-17-10-11/h2-3,8-10,12,23H,4-7H2,1H3,(H3,18,19,20,21,22). The second-order valence-electron chi connectivity index (χ2n) is 5.97. The number of nitrogens with zero attached hydrogens (tertiary/aromatic N) is 2.